The highest BCUT2D eigenvalue weighted by Gasteiger charge is 2.15. The predicted octanol–water partition coefficient (Wildman–Crippen LogP) is 4.24. The van der Waals surface area contributed by atoms with Gasteiger partial charge < -0.3 is 9.88 Å². The number of benzene rings is 2. The molecule has 0 unspecified atom stereocenters. The van der Waals surface area contributed by atoms with Crippen molar-refractivity contribution in [2.75, 3.05) is 5.32 Å². The predicted molar refractivity (Wildman–Crippen MR) is 98.0 cm³/mol. The van der Waals surface area contributed by atoms with E-state index in [0.29, 0.717) is 22.6 Å². The van der Waals surface area contributed by atoms with Crippen molar-refractivity contribution < 1.29 is 4.79 Å². The number of aryl methyl sites for hydroxylation is 2. The molecule has 3 rings (SSSR count). The first-order valence-electron chi connectivity index (χ1n) is 7.71. The van der Waals surface area contributed by atoms with Gasteiger partial charge in [-0.1, -0.05) is 29.8 Å². The molecule has 24 heavy (non-hydrogen) atoms. The molecule has 0 aliphatic rings. The molecular formula is C19H17ClN2O2. The first-order chi connectivity index (χ1) is 11.5. The van der Waals surface area contributed by atoms with Crippen molar-refractivity contribution in [1.29, 1.82) is 0 Å². The molecule has 0 bridgehead atoms. The zero-order chi connectivity index (χ0) is 17.3. The molecule has 3 aromatic rings. The van der Waals surface area contributed by atoms with Crippen molar-refractivity contribution in [2.45, 2.75) is 20.4 Å². The zero-order valence-electron chi connectivity index (χ0n) is 13.5. The summed E-state index contributed by atoms with van der Waals surface area (Å²) in [6, 6.07) is 12.5. The average Bonchev–Trinajstić information content (AvgIpc) is 2.58. The number of anilines is 1. The van der Waals surface area contributed by atoms with Crippen LogP contribution in [0.2, 0.25) is 5.02 Å². The van der Waals surface area contributed by atoms with Crippen LogP contribution in [-0.4, -0.2) is 10.5 Å². The highest BCUT2D eigenvalue weighted by Crippen LogP contribution is 2.20. The summed E-state index contributed by atoms with van der Waals surface area (Å²) in [6.07, 6.45) is 1.61. The van der Waals surface area contributed by atoms with E-state index in [-0.39, 0.29) is 11.0 Å². The van der Waals surface area contributed by atoms with Crippen molar-refractivity contribution in [2.24, 2.45) is 0 Å². The fraction of sp³-hybridized carbons (Fsp3) is 0.158. The molecule has 4 nitrogen and oxygen atoms in total. The monoisotopic (exact) mass is 340 g/mol. The maximum atomic E-state index is 12.6. The van der Waals surface area contributed by atoms with Gasteiger partial charge in [-0.3, -0.25) is 9.59 Å². The second-order valence-corrected chi connectivity index (χ2v) is 6.00. The van der Waals surface area contributed by atoms with Crippen LogP contribution in [0.5, 0.6) is 0 Å². The van der Waals surface area contributed by atoms with Crippen LogP contribution in [0.25, 0.3) is 10.9 Å². The van der Waals surface area contributed by atoms with Crippen molar-refractivity contribution in [3.05, 3.63) is 75.0 Å². The quantitative estimate of drug-likeness (QED) is 0.775. The first kappa shape index (κ1) is 16.3. The van der Waals surface area contributed by atoms with Crippen molar-refractivity contribution in [3.8, 4) is 0 Å². The van der Waals surface area contributed by atoms with Gasteiger partial charge in [0.05, 0.1) is 5.52 Å². The number of halogens is 1. The van der Waals surface area contributed by atoms with E-state index in [2.05, 4.69) is 5.32 Å². The Morgan fingerprint density at radius 2 is 1.96 bits per heavy atom. The number of hydrogen-bond donors (Lipinski definition) is 1. The van der Waals surface area contributed by atoms with Gasteiger partial charge in [-0.2, -0.15) is 0 Å². The fourth-order valence-electron chi connectivity index (χ4n) is 2.64. The number of rotatable bonds is 3. The molecule has 0 saturated carbocycles. The number of amides is 1. The van der Waals surface area contributed by atoms with Crippen LogP contribution in [0, 0.1) is 6.92 Å². The molecule has 0 aliphatic carbocycles. The van der Waals surface area contributed by atoms with Gasteiger partial charge in [0.15, 0.2) is 0 Å². The Morgan fingerprint density at radius 3 is 2.67 bits per heavy atom. The van der Waals surface area contributed by atoms with Gasteiger partial charge in [0.25, 0.3) is 5.91 Å². The number of nitrogens with one attached hydrogen (secondary N) is 1. The molecule has 122 valence electrons. The Labute approximate surface area is 144 Å². The Kier molecular flexibility index (Phi) is 4.40. The standard InChI is InChI=1S/C19H17ClN2O2/c1-3-22-11-15(18(23)14-6-4-5-7-17(14)22)19(24)21-13-9-8-12(2)16(20)10-13/h4-11H,3H2,1-2H3,(H,21,24). The summed E-state index contributed by atoms with van der Waals surface area (Å²) in [6.45, 7) is 4.52. The smallest absolute Gasteiger partial charge is 0.261 e. The number of fused-ring (bicyclic) bond motifs is 1. The van der Waals surface area contributed by atoms with E-state index < -0.39 is 5.91 Å². The lowest BCUT2D eigenvalue weighted by atomic mass is 10.1. The summed E-state index contributed by atoms with van der Waals surface area (Å²) in [5.41, 5.74) is 2.15. The number of aromatic nitrogens is 1. The molecule has 1 aromatic heterocycles. The van der Waals surface area contributed by atoms with Gasteiger partial charge in [0, 0.05) is 28.8 Å². The fourth-order valence-corrected chi connectivity index (χ4v) is 2.82. The highest BCUT2D eigenvalue weighted by molar-refractivity contribution is 6.31. The first-order valence-corrected chi connectivity index (χ1v) is 8.08. The minimum atomic E-state index is -0.437. The van der Waals surface area contributed by atoms with Crippen molar-refractivity contribution >= 4 is 34.1 Å². The summed E-state index contributed by atoms with van der Waals surface area (Å²) < 4.78 is 1.90. The third-order valence-corrected chi connectivity index (χ3v) is 4.41. The molecule has 1 N–H and O–H groups in total. The minimum absolute atomic E-state index is 0.118. The normalized spacial score (nSPS) is 10.8. The zero-order valence-corrected chi connectivity index (χ0v) is 14.2. The van der Waals surface area contributed by atoms with Crippen molar-refractivity contribution in [1.82, 2.24) is 4.57 Å². The largest absolute Gasteiger partial charge is 0.347 e. The molecule has 0 saturated heterocycles. The maximum Gasteiger partial charge on any atom is 0.261 e. The lowest BCUT2D eigenvalue weighted by Crippen LogP contribution is -2.23. The molecule has 0 atom stereocenters. The van der Waals surface area contributed by atoms with Crippen LogP contribution in [0.4, 0.5) is 5.69 Å². The minimum Gasteiger partial charge on any atom is -0.347 e. The average molecular weight is 341 g/mol. The van der Waals surface area contributed by atoms with Crippen LogP contribution in [0.15, 0.2) is 53.5 Å². The van der Waals surface area contributed by atoms with Gasteiger partial charge in [0.1, 0.15) is 5.56 Å². The summed E-state index contributed by atoms with van der Waals surface area (Å²) >= 11 is 6.08. The third-order valence-electron chi connectivity index (χ3n) is 4.00. The van der Waals surface area contributed by atoms with Crippen molar-refractivity contribution in [3.63, 3.8) is 0 Å². The Bertz CT molecular complexity index is 992. The molecule has 5 heteroatoms. The van der Waals surface area contributed by atoms with Crippen LogP contribution in [0.3, 0.4) is 0 Å². The molecule has 0 radical (unpaired) electrons. The van der Waals surface area contributed by atoms with Gasteiger partial charge >= 0.3 is 0 Å². The summed E-state index contributed by atoms with van der Waals surface area (Å²) in [7, 11) is 0. The Balaban J connectivity index is 2.05. The summed E-state index contributed by atoms with van der Waals surface area (Å²) in [5.74, 6) is -0.437. The van der Waals surface area contributed by atoms with E-state index >= 15 is 0 Å². The number of carbonyl (C=O) groups is 1. The van der Waals surface area contributed by atoms with Gasteiger partial charge in [-0.25, -0.2) is 0 Å². The van der Waals surface area contributed by atoms with Crippen LogP contribution < -0.4 is 10.7 Å². The van der Waals surface area contributed by atoms with E-state index in [0.717, 1.165) is 11.1 Å². The number of carbonyl (C=O) groups excluding carboxylic acids is 1. The van der Waals surface area contributed by atoms with E-state index in [4.69, 9.17) is 11.6 Å². The molecule has 0 aliphatic heterocycles. The van der Waals surface area contributed by atoms with E-state index in [1.54, 1.807) is 30.5 Å². The lowest BCUT2D eigenvalue weighted by molar-refractivity contribution is 0.102. The topological polar surface area (TPSA) is 51.1 Å². The van der Waals surface area contributed by atoms with E-state index in [9.17, 15) is 9.59 Å². The Hall–Kier alpha value is -2.59. The second kappa shape index (κ2) is 6.49. The second-order valence-electron chi connectivity index (χ2n) is 5.59. The molecule has 1 amide bonds. The number of nitrogens with zero attached hydrogens (tertiary/aromatic N) is 1. The van der Waals surface area contributed by atoms with E-state index in [1.165, 1.54) is 0 Å². The SMILES string of the molecule is CCn1cc(C(=O)Nc2ccc(C)c(Cl)c2)c(=O)c2ccccc21. The molecule has 1 heterocycles. The van der Waals surface area contributed by atoms with E-state index in [1.807, 2.05) is 36.6 Å². The molecule has 2 aromatic carbocycles. The number of pyridine rings is 1. The summed E-state index contributed by atoms with van der Waals surface area (Å²) in [4.78, 5) is 25.2. The lowest BCUT2D eigenvalue weighted by Gasteiger charge is -2.12. The van der Waals surface area contributed by atoms with Crippen LogP contribution >= 0.6 is 11.6 Å². The molecule has 0 spiro atoms. The maximum absolute atomic E-state index is 12.6. The number of hydrogen-bond acceptors (Lipinski definition) is 2. The molecule has 0 fully saturated rings. The number of para-hydroxylation sites is 1. The third kappa shape index (κ3) is 2.93. The van der Waals surface area contributed by atoms with Gasteiger partial charge in [0.2, 0.25) is 5.43 Å². The Morgan fingerprint density at radius 1 is 1.21 bits per heavy atom. The molecular weight excluding hydrogens is 324 g/mol. The van der Waals surface area contributed by atoms with Gasteiger partial charge in [-0.05, 0) is 43.7 Å². The van der Waals surface area contributed by atoms with Crippen LogP contribution in [-0.2, 0) is 6.54 Å². The van der Waals surface area contributed by atoms with Crippen LogP contribution in [0.1, 0.15) is 22.8 Å². The summed E-state index contributed by atoms with van der Waals surface area (Å²) in [5, 5.41) is 3.85. The van der Waals surface area contributed by atoms with Gasteiger partial charge in [-0.15, -0.1) is 0 Å². The highest BCUT2D eigenvalue weighted by atomic mass is 35.5.